The lowest BCUT2D eigenvalue weighted by Crippen LogP contribution is -2.36. The molecule has 0 bridgehead atoms. The molecule has 0 aliphatic carbocycles. The normalized spacial score (nSPS) is 19.5. The lowest BCUT2D eigenvalue weighted by atomic mass is 10.2. The van der Waals surface area contributed by atoms with Gasteiger partial charge in [0, 0.05) is 24.7 Å². The van der Waals surface area contributed by atoms with Crippen molar-refractivity contribution in [3.05, 3.63) is 33.9 Å². The molecule has 1 heterocycles. The number of rotatable bonds is 4. The van der Waals surface area contributed by atoms with Gasteiger partial charge in [-0.1, -0.05) is 0 Å². The summed E-state index contributed by atoms with van der Waals surface area (Å²) in [5.41, 5.74) is 0.256. The standard InChI is InChI=1S/C11H15N3O4S/c1-8-6-10(14(15)16)2-3-11(8)19(17,18)13-9-4-5-12-7-9/h2-3,6,9,12-13H,4-5,7H2,1H3. The molecule has 104 valence electrons. The predicted molar refractivity (Wildman–Crippen MR) is 69.4 cm³/mol. The van der Waals surface area contributed by atoms with E-state index in [9.17, 15) is 18.5 Å². The van der Waals surface area contributed by atoms with Crippen LogP contribution in [0.4, 0.5) is 5.69 Å². The topological polar surface area (TPSA) is 101 Å². The molecule has 1 fully saturated rings. The van der Waals surface area contributed by atoms with E-state index in [-0.39, 0.29) is 16.6 Å². The van der Waals surface area contributed by atoms with E-state index in [0.717, 1.165) is 13.0 Å². The van der Waals surface area contributed by atoms with Crippen molar-refractivity contribution in [3.63, 3.8) is 0 Å². The molecule has 2 rings (SSSR count). The highest BCUT2D eigenvalue weighted by molar-refractivity contribution is 7.89. The highest BCUT2D eigenvalue weighted by Gasteiger charge is 2.24. The molecule has 0 radical (unpaired) electrons. The first-order valence-corrected chi connectivity index (χ1v) is 7.36. The molecule has 1 aromatic carbocycles. The molecule has 0 amide bonds. The summed E-state index contributed by atoms with van der Waals surface area (Å²) in [5, 5.41) is 13.7. The third-order valence-electron chi connectivity index (χ3n) is 3.04. The zero-order valence-corrected chi connectivity index (χ0v) is 11.2. The number of non-ortho nitro benzene ring substituents is 1. The van der Waals surface area contributed by atoms with Gasteiger partial charge in [-0.05, 0) is 31.5 Å². The van der Waals surface area contributed by atoms with Crippen molar-refractivity contribution in [1.82, 2.24) is 10.0 Å². The Hall–Kier alpha value is -1.51. The molecule has 8 heteroatoms. The average Bonchev–Trinajstić information content (AvgIpc) is 2.80. The van der Waals surface area contributed by atoms with Crippen molar-refractivity contribution in [2.24, 2.45) is 0 Å². The number of nitrogens with one attached hydrogen (secondary N) is 2. The molecular formula is C11H15N3O4S. The van der Waals surface area contributed by atoms with Gasteiger partial charge in [0.05, 0.1) is 9.82 Å². The van der Waals surface area contributed by atoms with Gasteiger partial charge in [0.2, 0.25) is 10.0 Å². The Bertz CT molecular complexity index is 594. The lowest BCUT2D eigenvalue weighted by Gasteiger charge is -2.13. The highest BCUT2D eigenvalue weighted by atomic mass is 32.2. The minimum absolute atomic E-state index is 0.0880. The van der Waals surface area contributed by atoms with Crippen molar-refractivity contribution >= 4 is 15.7 Å². The van der Waals surface area contributed by atoms with Gasteiger partial charge in [-0.2, -0.15) is 0 Å². The van der Waals surface area contributed by atoms with Crippen LogP contribution in [-0.4, -0.2) is 32.5 Å². The van der Waals surface area contributed by atoms with Crippen LogP contribution in [0.1, 0.15) is 12.0 Å². The molecule has 1 aliphatic heterocycles. The fraction of sp³-hybridized carbons (Fsp3) is 0.455. The van der Waals surface area contributed by atoms with Gasteiger partial charge in [0.25, 0.3) is 5.69 Å². The second-order valence-electron chi connectivity index (χ2n) is 4.52. The van der Waals surface area contributed by atoms with E-state index in [1.807, 2.05) is 0 Å². The van der Waals surface area contributed by atoms with Crippen LogP contribution in [-0.2, 0) is 10.0 Å². The monoisotopic (exact) mass is 285 g/mol. The van der Waals surface area contributed by atoms with Gasteiger partial charge in [0.1, 0.15) is 0 Å². The summed E-state index contributed by atoms with van der Waals surface area (Å²) in [4.78, 5) is 10.2. The molecule has 1 aliphatic rings. The summed E-state index contributed by atoms with van der Waals surface area (Å²) in [5.74, 6) is 0. The van der Waals surface area contributed by atoms with E-state index in [4.69, 9.17) is 0 Å². The fourth-order valence-corrected chi connectivity index (χ4v) is 3.58. The number of hydrogen-bond donors (Lipinski definition) is 2. The first kappa shape index (κ1) is 13.9. The molecule has 0 aromatic heterocycles. The van der Waals surface area contributed by atoms with Crippen LogP contribution in [0.3, 0.4) is 0 Å². The quantitative estimate of drug-likeness (QED) is 0.621. The van der Waals surface area contributed by atoms with Crippen molar-refractivity contribution in [2.75, 3.05) is 13.1 Å². The summed E-state index contributed by atoms with van der Waals surface area (Å²) in [6.45, 7) is 2.94. The first-order valence-electron chi connectivity index (χ1n) is 5.88. The van der Waals surface area contributed by atoms with Gasteiger partial charge in [-0.15, -0.1) is 0 Å². The first-order chi connectivity index (χ1) is 8.90. The number of sulfonamides is 1. The number of nitro benzene ring substituents is 1. The van der Waals surface area contributed by atoms with Crippen LogP contribution < -0.4 is 10.0 Å². The van der Waals surface area contributed by atoms with E-state index in [2.05, 4.69) is 10.0 Å². The van der Waals surface area contributed by atoms with Crippen LogP contribution in [0.15, 0.2) is 23.1 Å². The van der Waals surface area contributed by atoms with Gasteiger partial charge < -0.3 is 5.32 Å². The van der Waals surface area contributed by atoms with Gasteiger partial charge in [-0.25, -0.2) is 13.1 Å². The Morgan fingerprint density at radius 3 is 2.74 bits per heavy atom. The number of nitro groups is 1. The number of nitrogens with zero attached hydrogens (tertiary/aromatic N) is 1. The molecule has 1 unspecified atom stereocenters. The van der Waals surface area contributed by atoms with Crippen molar-refractivity contribution in [1.29, 1.82) is 0 Å². The largest absolute Gasteiger partial charge is 0.315 e. The van der Waals surface area contributed by atoms with Crippen molar-refractivity contribution in [2.45, 2.75) is 24.3 Å². The minimum atomic E-state index is -3.63. The van der Waals surface area contributed by atoms with Gasteiger partial charge in [0.15, 0.2) is 0 Å². The van der Waals surface area contributed by atoms with Crippen LogP contribution in [0.25, 0.3) is 0 Å². The minimum Gasteiger partial charge on any atom is -0.315 e. The van der Waals surface area contributed by atoms with Crippen LogP contribution in [0.5, 0.6) is 0 Å². The summed E-state index contributed by atoms with van der Waals surface area (Å²) in [6, 6.07) is 3.62. The smallest absolute Gasteiger partial charge is 0.269 e. The average molecular weight is 285 g/mol. The zero-order valence-electron chi connectivity index (χ0n) is 10.4. The predicted octanol–water partition coefficient (Wildman–Crippen LogP) is 0.543. The summed E-state index contributed by atoms with van der Waals surface area (Å²) in [7, 11) is -3.63. The summed E-state index contributed by atoms with van der Waals surface area (Å²) < 4.78 is 27.0. The number of aryl methyl sites for hydroxylation is 1. The Kier molecular flexibility index (Phi) is 3.83. The van der Waals surface area contributed by atoms with E-state index in [1.54, 1.807) is 6.92 Å². The third kappa shape index (κ3) is 3.09. The fourth-order valence-electron chi connectivity index (χ4n) is 2.09. The molecule has 1 saturated heterocycles. The molecule has 1 atom stereocenters. The van der Waals surface area contributed by atoms with Crippen LogP contribution >= 0.6 is 0 Å². The molecule has 7 nitrogen and oxygen atoms in total. The van der Waals surface area contributed by atoms with E-state index in [1.165, 1.54) is 18.2 Å². The molecule has 0 saturated carbocycles. The van der Waals surface area contributed by atoms with Crippen LogP contribution in [0, 0.1) is 17.0 Å². The Morgan fingerprint density at radius 2 is 2.21 bits per heavy atom. The van der Waals surface area contributed by atoms with E-state index in [0.29, 0.717) is 12.1 Å². The summed E-state index contributed by atoms with van der Waals surface area (Å²) in [6.07, 6.45) is 0.741. The molecule has 1 aromatic rings. The van der Waals surface area contributed by atoms with E-state index >= 15 is 0 Å². The zero-order chi connectivity index (χ0) is 14.0. The molecular weight excluding hydrogens is 270 g/mol. The SMILES string of the molecule is Cc1cc([N+](=O)[O-])ccc1S(=O)(=O)NC1CCNC1. The second kappa shape index (κ2) is 5.24. The number of benzene rings is 1. The summed E-state index contributed by atoms with van der Waals surface area (Å²) >= 11 is 0. The van der Waals surface area contributed by atoms with Gasteiger partial charge >= 0.3 is 0 Å². The van der Waals surface area contributed by atoms with Crippen molar-refractivity contribution in [3.8, 4) is 0 Å². The van der Waals surface area contributed by atoms with Gasteiger partial charge in [-0.3, -0.25) is 10.1 Å². The maximum Gasteiger partial charge on any atom is 0.269 e. The van der Waals surface area contributed by atoms with Crippen molar-refractivity contribution < 1.29 is 13.3 Å². The van der Waals surface area contributed by atoms with Crippen LogP contribution in [0.2, 0.25) is 0 Å². The Morgan fingerprint density at radius 1 is 1.47 bits per heavy atom. The third-order valence-corrected chi connectivity index (χ3v) is 4.72. The Balaban J connectivity index is 2.27. The molecule has 19 heavy (non-hydrogen) atoms. The number of hydrogen-bond acceptors (Lipinski definition) is 5. The lowest BCUT2D eigenvalue weighted by molar-refractivity contribution is -0.385. The maximum atomic E-state index is 12.2. The molecule has 0 spiro atoms. The molecule has 2 N–H and O–H groups in total. The highest BCUT2D eigenvalue weighted by Crippen LogP contribution is 2.21. The second-order valence-corrected chi connectivity index (χ2v) is 6.20. The maximum absolute atomic E-state index is 12.2. The van der Waals surface area contributed by atoms with E-state index < -0.39 is 14.9 Å². The Labute approximate surface area is 111 Å².